The Bertz CT molecular complexity index is 402. The Balaban J connectivity index is 2.59. The summed E-state index contributed by atoms with van der Waals surface area (Å²) in [6.07, 6.45) is 0. The number of nitrogens with two attached hydrogens (primary N) is 1. The van der Waals surface area contributed by atoms with Gasteiger partial charge < -0.3 is 15.4 Å². The molecule has 0 aliphatic heterocycles. The van der Waals surface area contributed by atoms with E-state index in [1.807, 2.05) is 26.8 Å². The van der Waals surface area contributed by atoms with Crippen LogP contribution in [0, 0.1) is 6.92 Å². The molecule has 1 aromatic carbocycles. The molecule has 4 nitrogen and oxygen atoms in total. The first kappa shape index (κ1) is 13.4. The quantitative estimate of drug-likeness (QED) is 0.811. The van der Waals surface area contributed by atoms with Gasteiger partial charge >= 0.3 is 0 Å². The van der Waals surface area contributed by atoms with Crippen molar-refractivity contribution in [3.63, 3.8) is 0 Å². The molecule has 0 radical (unpaired) electrons. The molecule has 0 spiro atoms. The van der Waals surface area contributed by atoms with E-state index in [4.69, 9.17) is 10.5 Å². The molecule has 0 atom stereocenters. The van der Waals surface area contributed by atoms with E-state index < -0.39 is 0 Å². The van der Waals surface area contributed by atoms with Crippen LogP contribution in [0.1, 0.15) is 19.4 Å². The van der Waals surface area contributed by atoms with Gasteiger partial charge in [0.1, 0.15) is 5.75 Å². The topological polar surface area (TPSA) is 55.6 Å². The minimum absolute atomic E-state index is 0.0313. The zero-order valence-electron chi connectivity index (χ0n) is 10.9. The Morgan fingerprint density at radius 3 is 2.65 bits per heavy atom. The van der Waals surface area contributed by atoms with Crippen molar-refractivity contribution >= 4 is 11.6 Å². The molecule has 94 valence electrons. The van der Waals surface area contributed by atoms with Gasteiger partial charge in [0.25, 0.3) is 5.91 Å². The van der Waals surface area contributed by atoms with E-state index in [2.05, 4.69) is 0 Å². The van der Waals surface area contributed by atoms with E-state index in [1.54, 1.807) is 24.1 Å². The highest BCUT2D eigenvalue weighted by Gasteiger charge is 2.12. The van der Waals surface area contributed by atoms with Crippen LogP contribution in [-0.2, 0) is 4.79 Å². The smallest absolute Gasteiger partial charge is 0.260 e. The summed E-state index contributed by atoms with van der Waals surface area (Å²) in [5.41, 5.74) is 7.27. The van der Waals surface area contributed by atoms with Gasteiger partial charge in [-0.05, 0) is 44.5 Å². The monoisotopic (exact) mass is 236 g/mol. The van der Waals surface area contributed by atoms with Crippen molar-refractivity contribution in [1.82, 2.24) is 4.90 Å². The van der Waals surface area contributed by atoms with Crippen LogP contribution in [0.4, 0.5) is 5.69 Å². The second kappa shape index (κ2) is 5.57. The van der Waals surface area contributed by atoms with Gasteiger partial charge in [0.2, 0.25) is 0 Å². The Hall–Kier alpha value is -1.71. The molecular formula is C13H20N2O2. The second-order valence-electron chi connectivity index (χ2n) is 4.41. The first-order valence-corrected chi connectivity index (χ1v) is 5.66. The summed E-state index contributed by atoms with van der Waals surface area (Å²) in [7, 11) is 1.77. The summed E-state index contributed by atoms with van der Waals surface area (Å²) in [6, 6.07) is 5.55. The zero-order chi connectivity index (χ0) is 13.0. The Morgan fingerprint density at radius 2 is 2.12 bits per heavy atom. The number of anilines is 1. The highest BCUT2D eigenvalue weighted by Crippen LogP contribution is 2.20. The largest absolute Gasteiger partial charge is 0.483 e. The molecule has 17 heavy (non-hydrogen) atoms. The van der Waals surface area contributed by atoms with Crippen molar-refractivity contribution < 1.29 is 9.53 Å². The van der Waals surface area contributed by atoms with Gasteiger partial charge in [-0.25, -0.2) is 0 Å². The lowest BCUT2D eigenvalue weighted by Crippen LogP contribution is -2.36. The number of carbonyl (C=O) groups excluding carboxylic acids is 1. The van der Waals surface area contributed by atoms with Crippen LogP contribution in [0.3, 0.4) is 0 Å². The van der Waals surface area contributed by atoms with Gasteiger partial charge in [-0.15, -0.1) is 0 Å². The fourth-order valence-corrected chi connectivity index (χ4v) is 1.36. The third kappa shape index (κ3) is 3.66. The fourth-order valence-electron chi connectivity index (χ4n) is 1.36. The molecular weight excluding hydrogens is 216 g/mol. The van der Waals surface area contributed by atoms with Crippen LogP contribution >= 0.6 is 0 Å². The van der Waals surface area contributed by atoms with Gasteiger partial charge in [-0.3, -0.25) is 4.79 Å². The molecule has 2 N–H and O–H groups in total. The van der Waals surface area contributed by atoms with Gasteiger partial charge in [-0.2, -0.15) is 0 Å². The Labute approximate surface area is 102 Å². The van der Waals surface area contributed by atoms with Crippen molar-refractivity contribution in [2.24, 2.45) is 0 Å². The first-order chi connectivity index (χ1) is 7.91. The molecule has 0 aliphatic carbocycles. The maximum atomic E-state index is 11.7. The minimum Gasteiger partial charge on any atom is -0.483 e. The van der Waals surface area contributed by atoms with Crippen molar-refractivity contribution in [3.05, 3.63) is 23.8 Å². The van der Waals surface area contributed by atoms with Crippen molar-refractivity contribution in [2.45, 2.75) is 26.8 Å². The van der Waals surface area contributed by atoms with E-state index in [9.17, 15) is 4.79 Å². The fraction of sp³-hybridized carbons (Fsp3) is 0.462. The summed E-state index contributed by atoms with van der Waals surface area (Å²) >= 11 is 0. The molecule has 0 saturated heterocycles. The van der Waals surface area contributed by atoms with Crippen LogP contribution in [0.2, 0.25) is 0 Å². The number of nitrogen functional groups attached to an aromatic ring is 1. The van der Waals surface area contributed by atoms with Crippen LogP contribution in [0.5, 0.6) is 5.75 Å². The Morgan fingerprint density at radius 1 is 1.47 bits per heavy atom. The van der Waals surface area contributed by atoms with E-state index in [1.165, 1.54) is 0 Å². The number of hydrogen-bond donors (Lipinski definition) is 1. The second-order valence-corrected chi connectivity index (χ2v) is 4.41. The van der Waals surface area contributed by atoms with Crippen LogP contribution < -0.4 is 10.5 Å². The molecule has 0 saturated carbocycles. The van der Waals surface area contributed by atoms with Gasteiger partial charge in [-0.1, -0.05) is 0 Å². The predicted molar refractivity (Wildman–Crippen MR) is 69.0 cm³/mol. The molecule has 0 heterocycles. The molecule has 0 aliphatic rings. The van der Waals surface area contributed by atoms with Gasteiger partial charge in [0, 0.05) is 18.8 Å². The van der Waals surface area contributed by atoms with Gasteiger partial charge in [0.15, 0.2) is 6.61 Å². The Kier molecular flexibility index (Phi) is 4.37. The summed E-state index contributed by atoms with van der Waals surface area (Å²) in [4.78, 5) is 13.4. The maximum absolute atomic E-state index is 11.7. The molecule has 0 aromatic heterocycles. The molecule has 1 amide bonds. The number of nitrogens with zero attached hydrogens (tertiary/aromatic N) is 1. The number of carbonyl (C=O) groups is 1. The summed E-state index contributed by atoms with van der Waals surface area (Å²) < 4.78 is 5.48. The normalized spacial score (nSPS) is 10.4. The highest BCUT2D eigenvalue weighted by atomic mass is 16.5. The third-order valence-electron chi connectivity index (χ3n) is 2.72. The minimum atomic E-state index is -0.0313. The van der Waals surface area contributed by atoms with Crippen molar-refractivity contribution in [1.29, 1.82) is 0 Å². The number of hydrogen-bond acceptors (Lipinski definition) is 3. The number of rotatable bonds is 4. The standard InChI is InChI=1S/C13H20N2O2/c1-9(2)15(4)13(16)8-17-12-6-5-11(14)7-10(12)3/h5-7,9H,8,14H2,1-4H3. The molecule has 0 unspecified atom stereocenters. The van der Waals surface area contributed by atoms with E-state index in [-0.39, 0.29) is 18.6 Å². The van der Waals surface area contributed by atoms with Gasteiger partial charge in [0.05, 0.1) is 0 Å². The number of benzene rings is 1. The lowest BCUT2D eigenvalue weighted by atomic mass is 10.2. The van der Waals surface area contributed by atoms with Crippen molar-refractivity contribution in [3.8, 4) is 5.75 Å². The average Bonchev–Trinajstić information content (AvgIpc) is 2.26. The van der Waals surface area contributed by atoms with Crippen LogP contribution in [0.15, 0.2) is 18.2 Å². The SMILES string of the molecule is Cc1cc(N)ccc1OCC(=O)N(C)C(C)C. The van der Waals surface area contributed by atoms with Crippen LogP contribution in [0.25, 0.3) is 0 Å². The molecule has 0 fully saturated rings. The average molecular weight is 236 g/mol. The van der Waals surface area contributed by atoms with Crippen LogP contribution in [-0.4, -0.2) is 30.5 Å². The van der Waals surface area contributed by atoms with E-state index >= 15 is 0 Å². The summed E-state index contributed by atoms with van der Waals surface area (Å²) in [5, 5.41) is 0. The lowest BCUT2D eigenvalue weighted by Gasteiger charge is -2.21. The zero-order valence-corrected chi connectivity index (χ0v) is 10.9. The van der Waals surface area contributed by atoms with E-state index in [0.717, 1.165) is 5.56 Å². The molecule has 0 bridgehead atoms. The molecule has 4 heteroatoms. The number of aryl methyl sites for hydroxylation is 1. The number of ether oxygens (including phenoxy) is 1. The van der Waals surface area contributed by atoms with E-state index in [0.29, 0.717) is 11.4 Å². The highest BCUT2D eigenvalue weighted by molar-refractivity contribution is 5.77. The first-order valence-electron chi connectivity index (χ1n) is 5.66. The lowest BCUT2D eigenvalue weighted by molar-refractivity contribution is -0.133. The predicted octanol–water partition coefficient (Wildman–Crippen LogP) is 1.82. The number of amides is 1. The van der Waals surface area contributed by atoms with Crippen molar-refractivity contribution in [2.75, 3.05) is 19.4 Å². The summed E-state index contributed by atoms with van der Waals surface area (Å²) in [5.74, 6) is 0.668. The maximum Gasteiger partial charge on any atom is 0.260 e. The molecule has 1 aromatic rings. The molecule has 1 rings (SSSR count). The number of likely N-dealkylation sites (N-methyl/N-ethyl adjacent to an activating group) is 1. The summed E-state index contributed by atoms with van der Waals surface area (Å²) in [6.45, 7) is 5.89. The third-order valence-corrected chi connectivity index (χ3v) is 2.72.